The Balaban J connectivity index is 1.73. The second-order valence-corrected chi connectivity index (χ2v) is 7.65. The quantitative estimate of drug-likeness (QED) is 0.216. The SMILES string of the molecule is [C-]#[N+]c1ccc2c(cc(C)n2Cc2cccc(-c3ccc(C(F)(F)F)cc3)c2)c1C(F)(F)F. The number of hydrogen-bond donors (Lipinski definition) is 0. The van der Waals surface area contributed by atoms with Crippen LogP contribution in [0.15, 0.2) is 66.7 Å². The first-order chi connectivity index (χ1) is 15.5. The number of rotatable bonds is 3. The van der Waals surface area contributed by atoms with Gasteiger partial charge in [0.25, 0.3) is 0 Å². The molecule has 0 atom stereocenters. The normalized spacial score (nSPS) is 12.2. The third-order valence-corrected chi connectivity index (χ3v) is 5.49. The second-order valence-electron chi connectivity index (χ2n) is 7.65. The third-order valence-electron chi connectivity index (χ3n) is 5.49. The highest BCUT2D eigenvalue weighted by atomic mass is 19.4. The number of aryl methyl sites for hydroxylation is 1. The number of fused-ring (bicyclic) bond motifs is 1. The van der Waals surface area contributed by atoms with Gasteiger partial charge in [0.1, 0.15) is 0 Å². The van der Waals surface area contributed by atoms with Crippen molar-refractivity contribution in [2.45, 2.75) is 25.8 Å². The first-order valence-electron chi connectivity index (χ1n) is 9.83. The van der Waals surface area contributed by atoms with Gasteiger partial charge in [-0.3, -0.25) is 0 Å². The van der Waals surface area contributed by atoms with E-state index in [4.69, 9.17) is 6.57 Å². The highest BCUT2D eigenvalue weighted by Crippen LogP contribution is 2.42. The molecule has 168 valence electrons. The summed E-state index contributed by atoms with van der Waals surface area (Å²) in [4.78, 5) is 3.03. The van der Waals surface area contributed by atoms with E-state index < -0.39 is 29.2 Å². The number of aromatic nitrogens is 1. The molecule has 0 saturated heterocycles. The molecular weight excluding hydrogens is 442 g/mol. The minimum absolute atomic E-state index is 0.0348. The van der Waals surface area contributed by atoms with Crippen LogP contribution in [-0.4, -0.2) is 4.57 Å². The van der Waals surface area contributed by atoms with Gasteiger partial charge < -0.3 is 4.57 Å². The van der Waals surface area contributed by atoms with Gasteiger partial charge in [-0.2, -0.15) is 26.3 Å². The Hall–Kier alpha value is -3.73. The first-order valence-corrected chi connectivity index (χ1v) is 9.83. The average molecular weight is 458 g/mol. The summed E-state index contributed by atoms with van der Waals surface area (Å²) in [6, 6.07) is 16.0. The van der Waals surface area contributed by atoms with Crippen molar-refractivity contribution >= 4 is 16.6 Å². The average Bonchev–Trinajstić information content (AvgIpc) is 3.06. The number of nitrogens with zero attached hydrogens (tertiary/aromatic N) is 2. The van der Waals surface area contributed by atoms with Crippen molar-refractivity contribution in [3.63, 3.8) is 0 Å². The van der Waals surface area contributed by atoms with Gasteiger partial charge in [0.05, 0.1) is 17.7 Å². The lowest BCUT2D eigenvalue weighted by Crippen LogP contribution is -2.06. The van der Waals surface area contributed by atoms with Gasteiger partial charge in [-0.15, -0.1) is 0 Å². The van der Waals surface area contributed by atoms with E-state index in [9.17, 15) is 26.3 Å². The zero-order valence-corrected chi connectivity index (χ0v) is 17.2. The Morgan fingerprint density at radius 3 is 2.12 bits per heavy atom. The molecule has 1 heterocycles. The van der Waals surface area contributed by atoms with Crippen LogP contribution in [0.1, 0.15) is 22.4 Å². The molecule has 0 aliphatic heterocycles. The molecule has 0 N–H and O–H groups in total. The molecule has 0 bridgehead atoms. The van der Waals surface area contributed by atoms with Gasteiger partial charge in [-0.05, 0) is 53.9 Å². The van der Waals surface area contributed by atoms with Gasteiger partial charge in [0, 0.05) is 23.1 Å². The van der Waals surface area contributed by atoms with Gasteiger partial charge >= 0.3 is 12.4 Å². The molecule has 0 spiro atoms. The molecule has 0 aliphatic carbocycles. The predicted molar refractivity (Wildman–Crippen MR) is 114 cm³/mol. The van der Waals surface area contributed by atoms with Crippen LogP contribution in [0.3, 0.4) is 0 Å². The molecule has 1 aromatic heterocycles. The molecular formula is C25H16F6N2. The number of hydrogen-bond acceptors (Lipinski definition) is 0. The van der Waals surface area contributed by atoms with E-state index in [1.807, 2.05) is 0 Å². The minimum Gasteiger partial charge on any atom is -0.341 e. The molecule has 3 aromatic carbocycles. The standard InChI is InChI=1S/C25H16F6N2/c1-15-12-20-22(11-10-21(32-2)23(20)25(29,30)31)33(15)14-16-4-3-5-18(13-16)17-6-8-19(9-7-17)24(26,27)28/h3-13H,14H2,1H3. The zero-order valence-electron chi connectivity index (χ0n) is 17.2. The minimum atomic E-state index is -4.67. The first kappa shape index (κ1) is 22.5. The molecule has 4 aromatic rings. The summed E-state index contributed by atoms with van der Waals surface area (Å²) in [5.74, 6) is 0. The van der Waals surface area contributed by atoms with E-state index in [-0.39, 0.29) is 11.9 Å². The summed E-state index contributed by atoms with van der Waals surface area (Å²) in [5.41, 5.74) is 0.880. The van der Waals surface area contributed by atoms with Crippen LogP contribution in [0.5, 0.6) is 0 Å². The number of halogens is 6. The summed E-state index contributed by atoms with van der Waals surface area (Å²) in [5, 5.41) is -0.0348. The van der Waals surface area contributed by atoms with Gasteiger partial charge in [0.15, 0.2) is 5.69 Å². The Morgan fingerprint density at radius 2 is 1.52 bits per heavy atom. The van der Waals surface area contributed by atoms with Gasteiger partial charge in [-0.25, -0.2) is 4.85 Å². The summed E-state index contributed by atoms with van der Waals surface area (Å²) >= 11 is 0. The van der Waals surface area contributed by atoms with Crippen molar-refractivity contribution in [3.8, 4) is 11.1 Å². The number of benzene rings is 3. The molecule has 0 aliphatic rings. The summed E-state index contributed by atoms with van der Waals surface area (Å²) in [6.45, 7) is 9.04. The fourth-order valence-electron chi connectivity index (χ4n) is 3.94. The van der Waals surface area contributed by atoms with E-state index >= 15 is 0 Å². The lowest BCUT2D eigenvalue weighted by atomic mass is 10.0. The van der Waals surface area contributed by atoms with Crippen LogP contribution in [0.2, 0.25) is 0 Å². The molecule has 0 unspecified atom stereocenters. The fourth-order valence-corrected chi connectivity index (χ4v) is 3.94. The van der Waals surface area contributed by atoms with Crippen LogP contribution in [-0.2, 0) is 18.9 Å². The maximum Gasteiger partial charge on any atom is 0.416 e. The van der Waals surface area contributed by atoms with Crippen molar-refractivity contribution in [1.82, 2.24) is 4.57 Å². The van der Waals surface area contributed by atoms with E-state index in [1.54, 1.807) is 35.8 Å². The fraction of sp³-hybridized carbons (Fsp3) is 0.160. The maximum absolute atomic E-state index is 13.7. The molecule has 0 amide bonds. The lowest BCUT2D eigenvalue weighted by Gasteiger charge is -2.13. The molecule has 4 rings (SSSR count). The smallest absolute Gasteiger partial charge is 0.341 e. The Bertz CT molecular complexity index is 1370. The highest BCUT2D eigenvalue weighted by Gasteiger charge is 2.36. The van der Waals surface area contributed by atoms with Crippen molar-refractivity contribution in [2.24, 2.45) is 0 Å². The summed E-state index contributed by atoms with van der Waals surface area (Å²) < 4.78 is 81.2. The molecule has 0 radical (unpaired) electrons. The largest absolute Gasteiger partial charge is 0.416 e. The zero-order chi connectivity index (χ0) is 24.0. The van der Waals surface area contributed by atoms with Crippen molar-refractivity contribution < 1.29 is 26.3 Å². The summed E-state index contributed by atoms with van der Waals surface area (Å²) in [6.07, 6.45) is -9.09. The second kappa shape index (κ2) is 8.00. The van der Waals surface area contributed by atoms with E-state index in [0.717, 1.165) is 17.7 Å². The van der Waals surface area contributed by atoms with E-state index in [1.165, 1.54) is 30.3 Å². The van der Waals surface area contributed by atoms with Crippen molar-refractivity contribution in [2.75, 3.05) is 0 Å². The number of alkyl halides is 6. The monoisotopic (exact) mass is 458 g/mol. The van der Waals surface area contributed by atoms with Crippen LogP contribution in [0.4, 0.5) is 32.0 Å². The molecule has 0 saturated carbocycles. The molecule has 2 nitrogen and oxygen atoms in total. The Labute approximate surface area is 185 Å². The van der Waals surface area contributed by atoms with E-state index in [2.05, 4.69) is 4.85 Å². The van der Waals surface area contributed by atoms with E-state index in [0.29, 0.717) is 22.3 Å². The molecule has 8 heteroatoms. The van der Waals surface area contributed by atoms with Gasteiger partial charge in [0.2, 0.25) is 0 Å². The Kier molecular flexibility index (Phi) is 5.44. The van der Waals surface area contributed by atoms with Crippen molar-refractivity contribution in [3.05, 3.63) is 101 Å². The maximum atomic E-state index is 13.7. The predicted octanol–water partition coefficient (Wildman–Crippen LogP) is 8.25. The Morgan fingerprint density at radius 1 is 0.818 bits per heavy atom. The van der Waals surface area contributed by atoms with Gasteiger partial charge in [-0.1, -0.05) is 36.4 Å². The lowest BCUT2D eigenvalue weighted by molar-refractivity contribution is -0.137. The van der Waals surface area contributed by atoms with Crippen LogP contribution in [0.25, 0.3) is 26.9 Å². The van der Waals surface area contributed by atoms with Crippen LogP contribution < -0.4 is 0 Å². The summed E-state index contributed by atoms with van der Waals surface area (Å²) in [7, 11) is 0. The van der Waals surface area contributed by atoms with Crippen LogP contribution >= 0.6 is 0 Å². The van der Waals surface area contributed by atoms with Crippen molar-refractivity contribution in [1.29, 1.82) is 0 Å². The molecule has 0 fully saturated rings. The van der Waals surface area contributed by atoms with Crippen LogP contribution in [0, 0.1) is 13.5 Å². The third kappa shape index (κ3) is 4.31. The highest BCUT2D eigenvalue weighted by molar-refractivity contribution is 5.90. The molecule has 33 heavy (non-hydrogen) atoms. The topological polar surface area (TPSA) is 9.29 Å².